The summed E-state index contributed by atoms with van der Waals surface area (Å²) in [6.45, 7) is 5.68. The van der Waals surface area contributed by atoms with Gasteiger partial charge in [-0.1, -0.05) is 6.07 Å². The number of benzene rings is 1. The fourth-order valence-electron chi connectivity index (χ4n) is 2.78. The zero-order chi connectivity index (χ0) is 14.5. The van der Waals surface area contributed by atoms with E-state index in [0.29, 0.717) is 18.4 Å². The molecular weight excluding hydrogens is 252 g/mol. The molecular formula is C16H26N2O2. The topological polar surface area (TPSA) is 35.9 Å². The maximum Gasteiger partial charge on any atom is 0.161 e. The minimum atomic E-state index is 0.223. The largest absolute Gasteiger partial charge is 0.504 e. The van der Waals surface area contributed by atoms with Gasteiger partial charge in [0.05, 0.1) is 6.61 Å². The van der Waals surface area contributed by atoms with Crippen molar-refractivity contribution in [3.63, 3.8) is 0 Å². The molecule has 1 saturated heterocycles. The van der Waals surface area contributed by atoms with Crippen molar-refractivity contribution in [1.82, 2.24) is 9.80 Å². The molecule has 0 aliphatic carbocycles. The standard InChI is InChI=1S/C16H26N2O2/c1-4-20-16-10-13(7-8-15(16)19)11-18-9-5-6-14(12-18)17(2)3/h7-8,10,14,19H,4-6,9,11-12H2,1-3H3. The average Bonchev–Trinajstić information content (AvgIpc) is 2.43. The van der Waals surface area contributed by atoms with Gasteiger partial charge < -0.3 is 14.7 Å². The minimum absolute atomic E-state index is 0.223. The summed E-state index contributed by atoms with van der Waals surface area (Å²) >= 11 is 0. The fraction of sp³-hybridized carbons (Fsp3) is 0.625. The van der Waals surface area contributed by atoms with Gasteiger partial charge in [-0.15, -0.1) is 0 Å². The molecule has 0 amide bonds. The zero-order valence-electron chi connectivity index (χ0n) is 12.8. The third-order valence-electron chi connectivity index (χ3n) is 3.94. The molecule has 20 heavy (non-hydrogen) atoms. The van der Waals surface area contributed by atoms with E-state index in [-0.39, 0.29) is 5.75 Å². The van der Waals surface area contributed by atoms with E-state index < -0.39 is 0 Å². The van der Waals surface area contributed by atoms with Crippen molar-refractivity contribution in [1.29, 1.82) is 0 Å². The zero-order valence-corrected chi connectivity index (χ0v) is 12.8. The smallest absolute Gasteiger partial charge is 0.161 e. The summed E-state index contributed by atoms with van der Waals surface area (Å²) in [6, 6.07) is 6.32. The summed E-state index contributed by atoms with van der Waals surface area (Å²) in [4.78, 5) is 4.80. The molecule has 0 saturated carbocycles. The molecule has 1 aliphatic heterocycles. The van der Waals surface area contributed by atoms with Gasteiger partial charge in [-0.3, -0.25) is 4.90 Å². The molecule has 4 nitrogen and oxygen atoms in total. The Morgan fingerprint density at radius 3 is 2.90 bits per heavy atom. The van der Waals surface area contributed by atoms with Gasteiger partial charge in [0.15, 0.2) is 11.5 Å². The van der Waals surface area contributed by atoms with Crippen LogP contribution in [0.25, 0.3) is 0 Å². The third kappa shape index (κ3) is 3.87. The molecule has 2 rings (SSSR count). The van der Waals surface area contributed by atoms with E-state index in [0.717, 1.165) is 19.6 Å². The van der Waals surface area contributed by atoms with E-state index >= 15 is 0 Å². The molecule has 1 aliphatic rings. The van der Waals surface area contributed by atoms with Crippen molar-refractivity contribution in [2.24, 2.45) is 0 Å². The predicted octanol–water partition coefficient (Wildman–Crippen LogP) is 2.32. The van der Waals surface area contributed by atoms with Crippen molar-refractivity contribution < 1.29 is 9.84 Å². The van der Waals surface area contributed by atoms with E-state index in [1.54, 1.807) is 6.07 Å². The lowest BCUT2D eigenvalue weighted by Crippen LogP contribution is -2.44. The highest BCUT2D eigenvalue weighted by Gasteiger charge is 2.21. The number of phenols is 1. The molecule has 1 fully saturated rings. The van der Waals surface area contributed by atoms with Crippen LogP contribution < -0.4 is 4.74 Å². The van der Waals surface area contributed by atoms with E-state index in [1.165, 1.54) is 18.4 Å². The number of hydrogen-bond donors (Lipinski definition) is 1. The number of nitrogens with zero attached hydrogens (tertiary/aromatic N) is 2. The molecule has 1 atom stereocenters. The van der Waals surface area contributed by atoms with E-state index in [4.69, 9.17) is 4.74 Å². The van der Waals surface area contributed by atoms with E-state index in [1.807, 2.05) is 19.1 Å². The van der Waals surface area contributed by atoms with Gasteiger partial charge in [0.2, 0.25) is 0 Å². The predicted molar refractivity (Wildman–Crippen MR) is 81.3 cm³/mol. The number of phenolic OH excluding ortho intramolecular Hbond substituents is 1. The SMILES string of the molecule is CCOc1cc(CN2CCCC(N(C)C)C2)ccc1O. The molecule has 0 bridgehead atoms. The number of likely N-dealkylation sites (N-methyl/N-ethyl adjacent to an activating group) is 1. The van der Waals surface area contributed by atoms with Gasteiger partial charge >= 0.3 is 0 Å². The Morgan fingerprint density at radius 2 is 2.20 bits per heavy atom. The monoisotopic (exact) mass is 278 g/mol. The Hall–Kier alpha value is -1.26. The van der Waals surface area contributed by atoms with Crippen LogP contribution in [0.15, 0.2) is 18.2 Å². The van der Waals surface area contributed by atoms with Crippen LogP contribution in [0.1, 0.15) is 25.3 Å². The minimum Gasteiger partial charge on any atom is -0.504 e. The molecule has 1 unspecified atom stereocenters. The highest BCUT2D eigenvalue weighted by Crippen LogP contribution is 2.28. The summed E-state index contributed by atoms with van der Waals surface area (Å²) < 4.78 is 5.45. The van der Waals surface area contributed by atoms with Crippen molar-refractivity contribution in [3.05, 3.63) is 23.8 Å². The maximum absolute atomic E-state index is 9.74. The third-order valence-corrected chi connectivity index (χ3v) is 3.94. The van der Waals surface area contributed by atoms with Gasteiger partial charge in [0, 0.05) is 19.1 Å². The lowest BCUT2D eigenvalue weighted by atomic mass is 10.0. The summed E-state index contributed by atoms with van der Waals surface area (Å²) in [7, 11) is 4.31. The second kappa shape index (κ2) is 6.95. The maximum atomic E-state index is 9.74. The van der Waals surface area contributed by atoms with Crippen LogP contribution in [0.4, 0.5) is 0 Å². The molecule has 1 aromatic rings. The van der Waals surface area contributed by atoms with Crippen molar-refractivity contribution in [3.8, 4) is 11.5 Å². The highest BCUT2D eigenvalue weighted by molar-refractivity contribution is 5.41. The Balaban J connectivity index is 2.00. The quantitative estimate of drug-likeness (QED) is 0.896. The molecule has 0 aromatic heterocycles. The number of aromatic hydroxyl groups is 1. The second-order valence-corrected chi connectivity index (χ2v) is 5.73. The first-order valence-electron chi connectivity index (χ1n) is 7.43. The van der Waals surface area contributed by atoms with Gasteiger partial charge in [0.1, 0.15) is 0 Å². The lowest BCUT2D eigenvalue weighted by Gasteiger charge is -2.36. The number of likely N-dealkylation sites (tertiary alicyclic amines) is 1. The van der Waals surface area contributed by atoms with Crippen molar-refractivity contribution >= 4 is 0 Å². The number of piperidine rings is 1. The normalized spacial score (nSPS) is 20.3. The van der Waals surface area contributed by atoms with Gasteiger partial charge in [-0.25, -0.2) is 0 Å². The Labute approximate surface area is 122 Å². The number of hydrogen-bond acceptors (Lipinski definition) is 4. The fourth-order valence-corrected chi connectivity index (χ4v) is 2.78. The van der Waals surface area contributed by atoms with Gasteiger partial charge in [-0.2, -0.15) is 0 Å². The molecule has 1 aromatic carbocycles. The van der Waals surface area contributed by atoms with E-state index in [2.05, 4.69) is 23.9 Å². The first kappa shape index (κ1) is 15.1. The average molecular weight is 278 g/mol. The van der Waals surface area contributed by atoms with Crippen LogP contribution in [0.5, 0.6) is 11.5 Å². The summed E-state index contributed by atoms with van der Waals surface area (Å²) in [5, 5.41) is 9.74. The molecule has 1 N–H and O–H groups in total. The van der Waals surface area contributed by atoms with Gasteiger partial charge in [0.25, 0.3) is 0 Å². The van der Waals surface area contributed by atoms with Crippen LogP contribution >= 0.6 is 0 Å². The van der Waals surface area contributed by atoms with Crippen molar-refractivity contribution in [2.75, 3.05) is 33.8 Å². The molecule has 4 heteroatoms. The van der Waals surface area contributed by atoms with Crippen molar-refractivity contribution in [2.45, 2.75) is 32.4 Å². The number of ether oxygens (including phenoxy) is 1. The lowest BCUT2D eigenvalue weighted by molar-refractivity contribution is 0.128. The van der Waals surface area contributed by atoms with Crippen LogP contribution in [-0.4, -0.2) is 54.7 Å². The van der Waals surface area contributed by atoms with Crippen LogP contribution in [0, 0.1) is 0 Å². The summed E-state index contributed by atoms with van der Waals surface area (Å²) in [6.07, 6.45) is 2.53. The highest BCUT2D eigenvalue weighted by atomic mass is 16.5. The second-order valence-electron chi connectivity index (χ2n) is 5.73. The molecule has 0 radical (unpaired) electrons. The Morgan fingerprint density at radius 1 is 1.40 bits per heavy atom. The van der Waals surface area contributed by atoms with Crippen LogP contribution in [0.2, 0.25) is 0 Å². The molecule has 0 spiro atoms. The van der Waals surface area contributed by atoms with Gasteiger partial charge in [-0.05, 0) is 58.1 Å². The molecule has 1 heterocycles. The summed E-state index contributed by atoms with van der Waals surface area (Å²) in [5.74, 6) is 0.812. The van der Waals surface area contributed by atoms with Crippen LogP contribution in [-0.2, 0) is 6.54 Å². The Bertz CT molecular complexity index is 434. The summed E-state index contributed by atoms with van der Waals surface area (Å²) in [5.41, 5.74) is 1.20. The first-order chi connectivity index (χ1) is 9.60. The Kier molecular flexibility index (Phi) is 5.26. The number of rotatable bonds is 5. The first-order valence-corrected chi connectivity index (χ1v) is 7.43. The molecule has 112 valence electrons. The van der Waals surface area contributed by atoms with Crippen LogP contribution in [0.3, 0.4) is 0 Å². The van der Waals surface area contributed by atoms with E-state index in [9.17, 15) is 5.11 Å².